The number of hydrogen-bond acceptors (Lipinski definition) is 4. The van der Waals surface area contributed by atoms with Gasteiger partial charge in [0.25, 0.3) is 11.5 Å². The third kappa shape index (κ3) is 2.69. The quantitative estimate of drug-likeness (QED) is 0.657. The molecule has 2 rings (SSSR count). The number of carbonyl (C=O) groups is 1. The number of aromatic amines is 1. The second-order valence-corrected chi connectivity index (χ2v) is 3.38. The number of H-pyrrole nitrogens is 1. The fraction of sp³-hybridized carbons (Fsp3) is 0. The van der Waals surface area contributed by atoms with Crippen LogP contribution in [0.4, 0.5) is 11.4 Å². The summed E-state index contributed by atoms with van der Waals surface area (Å²) in [5, 5.41) is 8.43. The fourth-order valence-corrected chi connectivity index (χ4v) is 1.23. The van der Waals surface area contributed by atoms with Gasteiger partial charge in [0.15, 0.2) is 0 Å². The van der Waals surface area contributed by atoms with Gasteiger partial charge in [0, 0.05) is 17.4 Å². The summed E-state index contributed by atoms with van der Waals surface area (Å²) >= 11 is 0. The smallest absolute Gasteiger partial charge is 0.276 e. The van der Waals surface area contributed by atoms with Crippen molar-refractivity contribution >= 4 is 17.3 Å². The van der Waals surface area contributed by atoms with E-state index < -0.39 is 5.91 Å². The third-order valence-corrected chi connectivity index (χ3v) is 2.08. The molecule has 6 heteroatoms. The Morgan fingerprint density at radius 2 is 1.88 bits per heavy atom. The van der Waals surface area contributed by atoms with Crippen molar-refractivity contribution < 1.29 is 4.79 Å². The molecule has 86 valence electrons. The van der Waals surface area contributed by atoms with Crippen molar-refractivity contribution in [3.63, 3.8) is 0 Å². The maximum Gasteiger partial charge on any atom is 0.276 e. The lowest BCUT2D eigenvalue weighted by atomic mass is 10.2. The predicted octanol–water partition coefficient (Wildman–Crippen LogP) is 0.604. The van der Waals surface area contributed by atoms with Crippen LogP contribution in [-0.4, -0.2) is 16.1 Å². The van der Waals surface area contributed by atoms with Crippen LogP contribution in [0, 0.1) is 0 Å². The lowest BCUT2D eigenvalue weighted by Gasteiger charge is -2.04. The number of amides is 1. The van der Waals surface area contributed by atoms with E-state index in [0.29, 0.717) is 11.4 Å². The molecular weight excluding hydrogens is 220 g/mol. The summed E-state index contributed by atoms with van der Waals surface area (Å²) in [5.74, 6) is -0.397. The van der Waals surface area contributed by atoms with Gasteiger partial charge in [-0.2, -0.15) is 5.10 Å². The van der Waals surface area contributed by atoms with E-state index in [4.69, 9.17) is 5.73 Å². The largest absolute Gasteiger partial charge is 0.399 e. The number of nitrogens with two attached hydrogens (primary N) is 1. The van der Waals surface area contributed by atoms with Crippen LogP contribution in [0.1, 0.15) is 10.5 Å². The van der Waals surface area contributed by atoms with E-state index in [0.717, 1.165) is 0 Å². The highest BCUT2D eigenvalue weighted by Crippen LogP contribution is 2.11. The van der Waals surface area contributed by atoms with Crippen molar-refractivity contribution in [2.45, 2.75) is 0 Å². The van der Waals surface area contributed by atoms with Crippen LogP contribution in [0.2, 0.25) is 0 Å². The molecule has 0 aliphatic carbocycles. The maximum absolute atomic E-state index is 11.7. The Bertz CT molecular complexity index is 569. The molecule has 1 aromatic carbocycles. The number of nitrogens with zero attached hydrogens (tertiary/aromatic N) is 1. The highest BCUT2D eigenvalue weighted by molar-refractivity contribution is 6.02. The summed E-state index contributed by atoms with van der Waals surface area (Å²) in [7, 11) is 0. The molecule has 1 amide bonds. The van der Waals surface area contributed by atoms with Crippen molar-refractivity contribution in [1.82, 2.24) is 10.2 Å². The first-order chi connectivity index (χ1) is 8.15. The summed E-state index contributed by atoms with van der Waals surface area (Å²) < 4.78 is 0. The number of benzene rings is 1. The number of hydrogen-bond donors (Lipinski definition) is 3. The second-order valence-electron chi connectivity index (χ2n) is 3.38. The van der Waals surface area contributed by atoms with Gasteiger partial charge in [-0.25, -0.2) is 5.10 Å². The zero-order chi connectivity index (χ0) is 12.3. The topological polar surface area (TPSA) is 101 Å². The monoisotopic (exact) mass is 230 g/mol. The zero-order valence-corrected chi connectivity index (χ0v) is 8.81. The van der Waals surface area contributed by atoms with E-state index in [-0.39, 0.29) is 11.3 Å². The average Bonchev–Trinajstić information content (AvgIpc) is 2.33. The number of aromatic nitrogens is 2. The first-order valence-corrected chi connectivity index (χ1v) is 4.88. The molecule has 0 spiro atoms. The van der Waals surface area contributed by atoms with E-state index in [1.165, 1.54) is 12.1 Å². The molecule has 1 heterocycles. The van der Waals surface area contributed by atoms with Gasteiger partial charge in [0.1, 0.15) is 5.69 Å². The Morgan fingerprint density at radius 3 is 2.47 bits per heavy atom. The molecule has 2 aromatic rings. The predicted molar refractivity (Wildman–Crippen MR) is 63.7 cm³/mol. The van der Waals surface area contributed by atoms with Gasteiger partial charge in [-0.3, -0.25) is 9.59 Å². The standard InChI is InChI=1S/C11H10N4O2/c12-7-1-3-8(4-2-7)13-11(17)9-5-6-10(16)15-14-9/h1-6H,12H2,(H,13,17)(H,15,16). The van der Waals surface area contributed by atoms with E-state index in [9.17, 15) is 9.59 Å². The van der Waals surface area contributed by atoms with E-state index in [2.05, 4.69) is 15.5 Å². The Kier molecular flexibility index (Phi) is 2.87. The van der Waals surface area contributed by atoms with Gasteiger partial charge < -0.3 is 11.1 Å². The average molecular weight is 230 g/mol. The van der Waals surface area contributed by atoms with Crippen LogP contribution in [-0.2, 0) is 0 Å². The normalized spacial score (nSPS) is 9.88. The van der Waals surface area contributed by atoms with Crippen LogP contribution in [0.15, 0.2) is 41.2 Å². The molecular formula is C11H10N4O2. The molecule has 0 atom stereocenters. The van der Waals surface area contributed by atoms with E-state index >= 15 is 0 Å². The van der Waals surface area contributed by atoms with Gasteiger partial charge in [-0.1, -0.05) is 0 Å². The molecule has 4 N–H and O–H groups in total. The number of nitrogens with one attached hydrogen (secondary N) is 2. The van der Waals surface area contributed by atoms with Gasteiger partial charge in [0.05, 0.1) is 0 Å². The first kappa shape index (κ1) is 10.9. The van der Waals surface area contributed by atoms with Crippen LogP contribution in [0.3, 0.4) is 0 Å². The molecule has 0 bridgehead atoms. The minimum atomic E-state index is -0.397. The second kappa shape index (κ2) is 4.48. The fourth-order valence-electron chi connectivity index (χ4n) is 1.23. The summed E-state index contributed by atoms with van der Waals surface area (Å²) in [6.07, 6.45) is 0. The van der Waals surface area contributed by atoms with Gasteiger partial charge in [-0.05, 0) is 30.3 Å². The van der Waals surface area contributed by atoms with Gasteiger partial charge in [0.2, 0.25) is 0 Å². The van der Waals surface area contributed by atoms with E-state index in [1.807, 2.05) is 0 Å². The first-order valence-electron chi connectivity index (χ1n) is 4.88. The molecule has 0 radical (unpaired) electrons. The van der Waals surface area contributed by atoms with Crippen molar-refractivity contribution in [2.24, 2.45) is 0 Å². The van der Waals surface area contributed by atoms with Gasteiger partial charge >= 0.3 is 0 Å². The summed E-state index contributed by atoms with van der Waals surface area (Å²) in [6.45, 7) is 0. The van der Waals surface area contributed by atoms with Crippen LogP contribution in [0.5, 0.6) is 0 Å². The SMILES string of the molecule is Nc1ccc(NC(=O)c2ccc(=O)[nH]n2)cc1. The molecule has 0 aliphatic heterocycles. The highest BCUT2D eigenvalue weighted by Gasteiger charge is 2.07. The summed E-state index contributed by atoms with van der Waals surface area (Å²) in [4.78, 5) is 22.5. The molecule has 0 aliphatic rings. The minimum absolute atomic E-state index is 0.140. The molecule has 0 fully saturated rings. The molecule has 1 aromatic heterocycles. The van der Waals surface area contributed by atoms with Gasteiger partial charge in [-0.15, -0.1) is 0 Å². The van der Waals surface area contributed by atoms with Crippen molar-refractivity contribution in [3.05, 3.63) is 52.4 Å². The van der Waals surface area contributed by atoms with Crippen molar-refractivity contribution in [3.8, 4) is 0 Å². The maximum atomic E-state index is 11.7. The Morgan fingerprint density at radius 1 is 1.18 bits per heavy atom. The van der Waals surface area contributed by atoms with Crippen molar-refractivity contribution in [2.75, 3.05) is 11.1 Å². The number of anilines is 2. The lowest BCUT2D eigenvalue weighted by molar-refractivity contribution is 0.102. The highest BCUT2D eigenvalue weighted by atomic mass is 16.2. The number of rotatable bonds is 2. The molecule has 0 saturated heterocycles. The van der Waals surface area contributed by atoms with Crippen LogP contribution in [0.25, 0.3) is 0 Å². The Balaban J connectivity index is 2.14. The molecule has 0 unspecified atom stereocenters. The lowest BCUT2D eigenvalue weighted by Crippen LogP contribution is -2.17. The molecule has 6 nitrogen and oxygen atoms in total. The van der Waals surface area contributed by atoms with Crippen LogP contribution >= 0.6 is 0 Å². The van der Waals surface area contributed by atoms with Crippen LogP contribution < -0.4 is 16.6 Å². The third-order valence-electron chi connectivity index (χ3n) is 2.08. The number of nitrogen functional groups attached to an aromatic ring is 1. The zero-order valence-electron chi connectivity index (χ0n) is 8.81. The van der Waals surface area contributed by atoms with Crippen molar-refractivity contribution in [1.29, 1.82) is 0 Å². The van der Waals surface area contributed by atoms with E-state index in [1.54, 1.807) is 24.3 Å². The molecule has 0 saturated carbocycles. The Hall–Kier alpha value is -2.63. The number of carbonyl (C=O) groups excluding carboxylic acids is 1. The Labute approximate surface area is 96.5 Å². The minimum Gasteiger partial charge on any atom is -0.399 e. The summed E-state index contributed by atoms with van der Waals surface area (Å²) in [5.41, 5.74) is 6.53. The summed E-state index contributed by atoms with van der Waals surface area (Å²) in [6, 6.07) is 9.31. The molecule has 17 heavy (non-hydrogen) atoms.